The first-order valence-electron chi connectivity index (χ1n) is 7.63. The molecule has 0 bridgehead atoms. The Labute approximate surface area is 120 Å². The normalized spacial score (nSPS) is 22.6. The summed E-state index contributed by atoms with van der Waals surface area (Å²) in [7, 11) is 0. The van der Waals surface area contributed by atoms with Gasteiger partial charge in [-0.3, -0.25) is 9.69 Å². The molecule has 0 radical (unpaired) electrons. The van der Waals surface area contributed by atoms with Gasteiger partial charge in [-0.2, -0.15) is 0 Å². The van der Waals surface area contributed by atoms with Crippen LogP contribution in [0.15, 0.2) is 0 Å². The van der Waals surface area contributed by atoms with Crippen molar-refractivity contribution in [3.05, 3.63) is 0 Å². The van der Waals surface area contributed by atoms with Crippen molar-refractivity contribution in [3.8, 4) is 0 Å². The molecule has 2 amide bonds. The number of carbonyl (C=O) groups excluding carboxylic acids is 2. The molecule has 1 N–H and O–H groups in total. The maximum atomic E-state index is 11.5. The lowest BCUT2D eigenvalue weighted by Crippen LogP contribution is -2.52. The van der Waals surface area contributed by atoms with Crippen LogP contribution in [0.5, 0.6) is 0 Å². The first-order valence-corrected chi connectivity index (χ1v) is 7.63. The summed E-state index contributed by atoms with van der Waals surface area (Å²) in [5.74, 6) is -0.0864. The first-order chi connectivity index (χ1) is 9.70. The lowest BCUT2D eigenvalue weighted by Gasteiger charge is -2.36. The van der Waals surface area contributed by atoms with Crippen molar-refractivity contribution in [2.75, 3.05) is 39.3 Å². The second kappa shape index (κ2) is 7.47. The van der Waals surface area contributed by atoms with Crippen LogP contribution in [0.1, 0.15) is 32.6 Å². The van der Waals surface area contributed by atoms with Gasteiger partial charge in [0.1, 0.15) is 0 Å². The van der Waals surface area contributed by atoms with Gasteiger partial charge < -0.3 is 15.0 Å². The Balaban J connectivity index is 1.55. The van der Waals surface area contributed by atoms with E-state index in [1.54, 1.807) is 0 Å². The molecule has 1 atom stereocenters. The Morgan fingerprint density at radius 1 is 1.35 bits per heavy atom. The fourth-order valence-corrected chi connectivity index (χ4v) is 2.89. The van der Waals surface area contributed by atoms with Gasteiger partial charge in [-0.15, -0.1) is 0 Å². The molecular weight excluding hydrogens is 258 g/mol. The number of esters is 1. The van der Waals surface area contributed by atoms with Crippen LogP contribution in [0, 0.1) is 0 Å². The summed E-state index contributed by atoms with van der Waals surface area (Å²) in [6.45, 7) is 6.90. The van der Waals surface area contributed by atoms with Gasteiger partial charge in [-0.1, -0.05) is 6.42 Å². The average molecular weight is 283 g/mol. The lowest BCUT2D eigenvalue weighted by molar-refractivity contribution is -0.143. The number of ether oxygens (including phenoxy) is 1. The van der Waals surface area contributed by atoms with E-state index >= 15 is 0 Å². The molecule has 1 unspecified atom stereocenters. The molecule has 2 fully saturated rings. The molecule has 2 saturated heterocycles. The summed E-state index contributed by atoms with van der Waals surface area (Å²) >= 11 is 0. The van der Waals surface area contributed by atoms with Crippen molar-refractivity contribution in [2.45, 2.75) is 38.6 Å². The molecule has 0 spiro atoms. The van der Waals surface area contributed by atoms with Crippen LogP contribution in [-0.2, 0) is 9.53 Å². The monoisotopic (exact) mass is 283 g/mol. The van der Waals surface area contributed by atoms with Gasteiger partial charge in [-0.25, -0.2) is 4.79 Å². The van der Waals surface area contributed by atoms with Crippen LogP contribution in [0.2, 0.25) is 0 Å². The minimum atomic E-state index is -0.0864. The van der Waals surface area contributed by atoms with E-state index in [9.17, 15) is 9.59 Å². The molecule has 0 aromatic heterocycles. The third-order valence-electron chi connectivity index (χ3n) is 3.98. The summed E-state index contributed by atoms with van der Waals surface area (Å²) in [4.78, 5) is 27.0. The molecule has 2 heterocycles. The van der Waals surface area contributed by atoms with E-state index in [1.165, 1.54) is 0 Å². The number of hydrogen-bond acceptors (Lipinski definition) is 4. The third-order valence-corrected chi connectivity index (χ3v) is 3.98. The second-order valence-electron chi connectivity index (χ2n) is 5.45. The van der Waals surface area contributed by atoms with Crippen molar-refractivity contribution in [1.82, 2.24) is 15.1 Å². The zero-order valence-corrected chi connectivity index (χ0v) is 12.3. The topological polar surface area (TPSA) is 61.9 Å². The van der Waals surface area contributed by atoms with Gasteiger partial charge in [0, 0.05) is 32.6 Å². The molecule has 6 nitrogen and oxygen atoms in total. The minimum Gasteiger partial charge on any atom is -0.466 e. The number of hydrogen-bond donors (Lipinski definition) is 1. The second-order valence-corrected chi connectivity index (χ2v) is 5.45. The van der Waals surface area contributed by atoms with Crippen LogP contribution in [0.25, 0.3) is 0 Å². The Bertz CT molecular complexity index is 349. The fraction of sp³-hybridized carbons (Fsp3) is 0.857. The number of amides is 2. The molecule has 2 aliphatic heterocycles. The third kappa shape index (κ3) is 4.10. The Morgan fingerprint density at radius 2 is 2.20 bits per heavy atom. The zero-order chi connectivity index (χ0) is 14.4. The molecule has 2 rings (SSSR count). The minimum absolute atomic E-state index is 0.0864. The van der Waals surface area contributed by atoms with Crippen LogP contribution >= 0.6 is 0 Å². The molecular formula is C14H25N3O3. The van der Waals surface area contributed by atoms with E-state index in [-0.39, 0.29) is 12.0 Å². The molecule has 0 aromatic rings. The number of fused-ring (bicyclic) bond motifs is 1. The number of rotatable bonds is 7. The van der Waals surface area contributed by atoms with Crippen molar-refractivity contribution < 1.29 is 14.3 Å². The van der Waals surface area contributed by atoms with Gasteiger partial charge >= 0.3 is 12.0 Å². The number of nitrogens with zero attached hydrogens (tertiary/aromatic N) is 2. The van der Waals surface area contributed by atoms with E-state index in [0.29, 0.717) is 19.1 Å². The summed E-state index contributed by atoms with van der Waals surface area (Å²) in [6, 6.07) is 0.430. The Morgan fingerprint density at radius 3 is 3.00 bits per heavy atom. The molecule has 114 valence electrons. The fourth-order valence-electron chi connectivity index (χ4n) is 2.89. The summed E-state index contributed by atoms with van der Waals surface area (Å²) < 4.78 is 4.90. The first kappa shape index (κ1) is 15.1. The number of urea groups is 1. The Kier molecular flexibility index (Phi) is 5.64. The predicted octanol–water partition coefficient (Wildman–Crippen LogP) is 0.819. The van der Waals surface area contributed by atoms with E-state index in [4.69, 9.17) is 4.74 Å². The van der Waals surface area contributed by atoms with Crippen molar-refractivity contribution in [3.63, 3.8) is 0 Å². The van der Waals surface area contributed by atoms with Gasteiger partial charge in [0.2, 0.25) is 0 Å². The number of piperazine rings is 1. The van der Waals surface area contributed by atoms with E-state index < -0.39 is 0 Å². The van der Waals surface area contributed by atoms with Gasteiger partial charge in [0.15, 0.2) is 0 Å². The number of carbonyl (C=O) groups is 2. The highest BCUT2D eigenvalue weighted by Gasteiger charge is 2.34. The SMILES string of the molecule is CCOC(=O)CCCCCN1CCN2C(=O)NCC2C1. The quantitative estimate of drug-likeness (QED) is 0.555. The number of nitrogens with one attached hydrogen (secondary N) is 1. The largest absolute Gasteiger partial charge is 0.466 e. The molecule has 6 heteroatoms. The highest BCUT2D eigenvalue weighted by molar-refractivity contribution is 5.77. The zero-order valence-electron chi connectivity index (χ0n) is 12.3. The molecule has 2 aliphatic rings. The van der Waals surface area contributed by atoms with Crippen LogP contribution < -0.4 is 5.32 Å². The van der Waals surface area contributed by atoms with Crippen molar-refractivity contribution >= 4 is 12.0 Å². The average Bonchev–Trinajstić information content (AvgIpc) is 2.80. The summed E-state index contributed by atoms with van der Waals surface area (Å²) in [5, 5.41) is 2.89. The smallest absolute Gasteiger partial charge is 0.317 e. The van der Waals surface area contributed by atoms with Gasteiger partial charge in [-0.05, 0) is 26.3 Å². The highest BCUT2D eigenvalue weighted by atomic mass is 16.5. The maximum absolute atomic E-state index is 11.5. The van der Waals surface area contributed by atoms with Gasteiger partial charge in [0.25, 0.3) is 0 Å². The number of unbranched alkanes of at least 4 members (excludes halogenated alkanes) is 2. The van der Waals surface area contributed by atoms with Gasteiger partial charge in [0.05, 0.1) is 12.6 Å². The van der Waals surface area contributed by atoms with E-state index in [1.807, 2.05) is 11.8 Å². The van der Waals surface area contributed by atoms with E-state index in [0.717, 1.165) is 52.0 Å². The summed E-state index contributed by atoms with van der Waals surface area (Å²) in [6.07, 6.45) is 3.60. The maximum Gasteiger partial charge on any atom is 0.317 e. The standard InChI is InChI=1S/C14H25N3O3/c1-2-20-13(18)6-4-3-5-7-16-8-9-17-12(11-16)10-15-14(17)19/h12H,2-11H2,1H3,(H,15,19). The highest BCUT2D eigenvalue weighted by Crippen LogP contribution is 2.15. The molecule has 20 heavy (non-hydrogen) atoms. The molecule has 0 aliphatic carbocycles. The predicted molar refractivity (Wildman–Crippen MR) is 75.4 cm³/mol. The summed E-state index contributed by atoms with van der Waals surface area (Å²) in [5.41, 5.74) is 0. The van der Waals surface area contributed by atoms with Crippen LogP contribution in [-0.4, -0.2) is 67.2 Å². The van der Waals surface area contributed by atoms with Crippen LogP contribution in [0.3, 0.4) is 0 Å². The van der Waals surface area contributed by atoms with E-state index in [2.05, 4.69) is 10.2 Å². The lowest BCUT2D eigenvalue weighted by atomic mass is 10.1. The van der Waals surface area contributed by atoms with Crippen molar-refractivity contribution in [2.24, 2.45) is 0 Å². The Hall–Kier alpha value is -1.30. The van der Waals surface area contributed by atoms with Crippen molar-refractivity contribution in [1.29, 1.82) is 0 Å². The van der Waals surface area contributed by atoms with Crippen LogP contribution in [0.4, 0.5) is 4.79 Å². The molecule has 0 aromatic carbocycles. The molecule has 0 saturated carbocycles.